The highest BCUT2D eigenvalue weighted by molar-refractivity contribution is 5.81. The van der Waals surface area contributed by atoms with E-state index in [1.54, 1.807) is 6.26 Å². The van der Waals surface area contributed by atoms with E-state index in [4.69, 9.17) is 10.2 Å². The molecule has 1 aromatic heterocycles. The number of furan rings is 1. The van der Waals surface area contributed by atoms with Crippen LogP contribution in [0, 0.1) is 0 Å². The van der Waals surface area contributed by atoms with E-state index in [2.05, 4.69) is 11.9 Å². The fourth-order valence-corrected chi connectivity index (χ4v) is 1.81. The molecule has 0 fully saturated rings. The standard InChI is InChI=1S/C13H16N2O/c1-2-7-15-12(8-14)11-9-16-13-6-4-3-5-10(11)13/h2-6,9,12,15H,1,7-8,14H2. The molecule has 0 saturated heterocycles. The summed E-state index contributed by atoms with van der Waals surface area (Å²) in [6.45, 7) is 4.96. The second-order valence-electron chi connectivity index (χ2n) is 3.67. The minimum Gasteiger partial charge on any atom is -0.464 e. The van der Waals surface area contributed by atoms with Crippen LogP contribution in [-0.4, -0.2) is 13.1 Å². The van der Waals surface area contributed by atoms with Crippen molar-refractivity contribution in [3.05, 3.63) is 48.7 Å². The molecule has 1 atom stereocenters. The topological polar surface area (TPSA) is 51.2 Å². The summed E-state index contributed by atoms with van der Waals surface area (Å²) in [6.07, 6.45) is 3.60. The first-order valence-corrected chi connectivity index (χ1v) is 5.37. The minimum absolute atomic E-state index is 0.113. The van der Waals surface area contributed by atoms with Crippen molar-refractivity contribution in [1.82, 2.24) is 5.32 Å². The third-order valence-corrected chi connectivity index (χ3v) is 2.63. The third-order valence-electron chi connectivity index (χ3n) is 2.63. The summed E-state index contributed by atoms with van der Waals surface area (Å²) < 4.78 is 5.49. The van der Waals surface area contributed by atoms with E-state index in [9.17, 15) is 0 Å². The zero-order valence-electron chi connectivity index (χ0n) is 9.15. The molecule has 84 valence electrons. The lowest BCUT2D eigenvalue weighted by atomic mass is 10.1. The smallest absolute Gasteiger partial charge is 0.134 e. The highest BCUT2D eigenvalue weighted by Gasteiger charge is 2.14. The van der Waals surface area contributed by atoms with E-state index in [1.807, 2.05) is 30.3 Å². The van der Waals surface area contributed by atoms with E-state index in [-0.39, 0.29) is 6.04 Å². The van der Waals surface area contributed by atoms with Crippen LogP contribution in [0.3, 0.4) is 0 Å². The maximum absolute atomic E-state index is 5.76. The van der Waals surface area contributed by atoms with Crippen LogP contribution < -0.4 is 11.1 Å². The lowest BCUT2D eigenvalue weighted by Crippen LogP contribution is -2.28. The first-order valence-electron chi connectivity index (χ1n) is 5.37. The SMILES string of the molecule is C=CCNC(CN)c1coc2ccccc12. The van der Waals surface area contributed by atoms with Crippen LogP contribution in [-0.2, 0) is 0 Å². The monoisotopic (exact) mass is 216 g/mol. The number of rotatable bonds is 5. The molecule has 3 nitrogen and oxygen atoms in total. The van der Waals surface area contributed by atoms with Crippen molar-refractivity contribution < 1.29 is 4.42 Å². The van der Waals surface area contributed by atoms with Crippen LogP contribution in [0.2, 0.25) is 0 Å². The molecule has 0 aliphatic heterocycles. The fourth-order valence-electron chi connectivity index (χ4n) is 1.81. The first-order chi connectivity index (χ1) is 7.86. The molecule has 1 heterocycles. The Morgan fingerprint density at radius 1 is 1.44 bits per heavy atom. The van der Waals surface area contributed by atoms with Gasteiger partial charge in [-0.2, -0.15) is 0 Å². The molecule has 0 radical (unpaired) electrons. The maximum Gasteiger partial charge on any atom is 0.134 e. The summed E-state index contributed by atoms with van der Waals surface area (Å²) in [7, 11) is 0. The van der Waals surface area contributed by atoms with Gasteiger partial charge in [-0.05, 0) is 6.07 Å². The minimum atomic E-state index is 0.113. The summed E-state index contributed by atoms with van der Waals surface area (Å²) in [4.78, 5) is 0. The van der Waals surface area contributed by atoms with Gasteiger partial charge in [-0.1, -0.05) is 24.3 Å². The van der Waals surface area contributed by atoms with Crippen LogP contribution in [0.15, 0.2) is 47.6 Å². The van der Waals surface area contributed by atoms with E-state index < -0.39 is 0 Å². The number of nitrogens with two attached hydrogens (primary N) is 1. The highest BCUT2D eigenvalue weighted by Crippen LogP contribution is 2.25. The molecule has 3 N–H and O–H groups in total. The molecular weight excluding hydrogens is 200 g/mol. The van der Waals surface area contributed by atoms with Crippen LogP contribution >= 0.6 is 0 Å². The molecule has 1 unspecified atom stereocenters. The Bertz CT molecular complexity index is 475. The van der Waals surface area contributed by atoms with Gasteiger partial charge in [0.2, 0.25) is 0 Å². The Hall–Kier alpha value is -1.58. The van der Waals surface area contributed by atoms with E-state index in [0.29, 0.717) is 6.54 Å². The zero-order chi connectivity index (χ0) is 11.4. The lowest BCUT2D eigenvalue weighted by molar-refractivity contribution is 0.555. The highest BCUT2D eigenvalue weighted by atomic mass is 16.3. The first kappa shape index (κ1) is 10.9. The molecule has 0 spiro atoms. The van der Waals surface area contributed by atoms with Crippen molar-refractivity contribution >= 4 is 11.0 Å². The van der Waals surface area contributed by atoms with Gasteiger partial charge in [0.05, 0.1) is 6.26 Å². The second-order valence-corrected chi connectivity index (χ2v) is 3.67. The molecular formula is C13H16N2O. The number of hydrogen-bond donors (Lipinski definition) is 2. The van der Waals surface area contributed by atoms with Gasteiger partial charge in [0, 0.05) is 30.1 Å². The molecule has 1 aromatic carbocycles. The van der Waals surface area contributed by atoms with Gasteiger partial charge in [-0.25, -0.2) is 0 Å². The predicted octanol–water partition coefficient (Wildman–Crippen LogP) is 2.21. The molecule has 0 saturated carbocycles. The predicted molar refractivity (Wildman–Crippen MR) is 66.2 cm³/mol. The molecule has 0 bridgehead atoms. The maximum atomic E-state index is 5.76. The van der Waals surface area contributed by atoms with Gasteiger partial charge in [-0.3, -0.25) is 0 Å². The van der Waals surface area contributed by atoms with Crippen molar-refractivity contribution in [2.75, 3.05) is 13.1 Å². The lowest BCUT2D eigenvalue weighted by Gasteiger charge is -2.14. The van der Waals surface area contributed by atoms with Crippen LogP contribution in [0.1, 0.15) is 11.6 Å². The van der Waals surface area contributed by atoms with Gasteiger partial charge >= 0.3 is 0 Å². The van der Waals surface area contributed by atoms with Gasteiger partial charge < -0.3 is 15.5 Å². The normalized spacial score (nSPS) is 12.8. The quantitative estimate of drug-likeness (QED) is 0.753. The zero-order valence-corrected chi connectivity index (χ0v) is 9.15. The number of benzene rings is 1. The fraction of sp³-hybridized carbons (Fsp3) is 0.231. The molecule has 0 aliphatic rings. The summed E-state index contributed by atoms with van der Waals surface area (Å²) in [5, 5.41) is 4.43. The number of nitrogens with one attached hydrogen (secondary N) is 1. The van der Waals surface area contributed by atoms with Crippen molar-refractivity contribution in [3.63, 3.8) is 0 Å². The summed E-state index contributed by atoms with van der Waals surface area (Å²) >= 11 is 0. The summed E-state index contributed by atoms with van der Waals surface area (Å²) in [5.74, 6) is 0. The van der Waals surface area contributed by atoms with Crippen molar-refractivity contribution in [1.29, 1.82) is 0 Å². The summed E-state index contributed by atoms with van der Waals surface area (Å²) in [5.41, 5.74) is 7.77. The Labute approximate surface area is 94.9 Å². The average Bonchev–Trinajstić information content (AvgIpc) is 2.75. The number of hydrogen-bond acceptors (Lipinski definition) is 3. The Morgan fingerprint density at radius 2 is 2.25 bits per heavy atom. The number of fused-ring (bicyclic) bond motifs is 1. The van der Waals surface area contributed by atoms with Crippen molar-refractivity contribution in [2.24, 2.45) is 5.73 Å². The molecule has 16 heavy (non-hydrogen) atoms. The molecule has 3 heteroatoms. The van der Waals surface area contributed by atoms with E-state index in [1.165, 1.54) is 0 Å². The number of para-hydroxylation sites is 1. The van der Waals surface area contributed by atoms with Crippen LogP contribution in [0.4, 0.5) is 0 Å². The van der Waals surface area contributed by atoms with Crippen molar-refractivity contribution in [3.8, 4) is 0 Å². The van der Waals surface area contributed by atoms with Gasteiger partial charge in [-0.15, -0.1) is 6.58 Å². The average molecular weight is 216 g/mol. The molecule has 0 aliphatic carbocycles. The molecule has 0 amide bonds. The molecule has 2 rings (SSSR count). The van der Waals surface area contributed by atoms with E-state index in [0.717, 1.165) is 23.1 Å². The Kier molecular flexibility index (Phi) is 3.39. The summed E-state index contributed by atoms with van der Waals surface area (Å²) in [6, 6.07) is 8.08. The van der Waals surface area contributed by atoms with Crippen LogP contribution in [0.25, 0.3) is 11.0 Å². The third kappa shape index (κ3) is 2.01. The Morgan fingerprint density at radius 3 is 3.00 bits per heavy atom. The molecule has 2 aromatic rings. The Balaban J connectivity index is 2.33. The van der Waals surface area contributed by atoms with Gasteiger partial charge in [0.25, 0.3) is 0 Å². The van der Waals surface area contributed by atoms with Crippen molar-refractivity contribution in [2.45, 2.75) is 6.04 Å². The second kappa shape index (κ2) is 4.96. The van der Waals surface area contributed by atoms with E-state index >= 15 is 0 Å². The van der Waals surface area contributed by atoms with Gasteiger partial charge in [0.15, 0.2) is 0 Å². The largest absolute Gasteiger partial charge is 0.464 e. The van der Waals surface area contributed by atoms with Gasteiger partial charge in [0.1, 0.15) is 5.58 Å². The van der Waals surface area contributed by atoms with Crippen LogP contribution in [0.5, 0.6) is 0 Å².